The van der Waals surface area contributed by atoms with Gasteiger partial charge >= 0.3 is 5.97 Å². The summed E-state index contributed by atoms with van der Waals surface area (Å²) in [5.74, 6) is -2.26. The summed E-state index contributed by atoms with van der Waals surface area (Å²) in [5, 5.41) is 0. The van der Waals surface area contributed by atoms with Crippen LogP contribution in [0.15, 0.2) is 40.5 Å². The lowest BCUT2D eigenvalue weighted by atomic mass is 9.67. The van der Waals surface area contributed by atoms with Gasteiger partial charge in [0.05, 0.1) is 6.61 Å². The first-order valence-corrected chi connectivity index (χ1v) is 10.0. The molecule has 0 aromatic heterocycles. The highest BCUT2D eigenvalue weighted by Gasteiger charge is 2.46. The number of rotatable bonds is 6. The molecule has 0 fully saturated rings. The molecule has 1 aromatic carbocycles. The Morgan fingerprint density at radius 3 is 2.72 bits per heavy atom. The second-order valence-electron chi connectivity index (χ2n) is 8.43. The number of aliphatic imine (C=N–C) groups is 1. The average molecular weight is 401 g/mol. The molecule has 1 aliphatic heterocycles. The van der Waals surface area contributed by atoms with Crippen LogP contribution in [0.2, 0.25) is 0 Å². The van der Waals surface area contributed by atoms with Crippen molar-refractivity contribution < 1.29 is 23.5 Å². The number of ether oxygens (including phenoxy) is 2. The van der Waals surface area contributed by atoms with Gasteiger partial charge in [-0.15, -0.1) is 0 Å². The molecule has 0 amide bonds. The zero-order chi connectivity index (χ0) is 21.2. The smallest absolute Gasteiger partial charge is 0.315 e. The zero-order valence-electron chi connectivity index (χ0n) is 17.5. The first-order valence-electron chi connectivity index (χ1n) is 10.0. The summed E-state index contributed by atoms with van der Waals surface area (Å²) in [6, 6.07) is 6.09. The quantitative estimate of drug-likeness (QED) is 0.529. The molecule has 1 unspecified atom stereocenters. The predicted molar refractivity (Wildman–Crippen MR) is 108 cm³/mol. The Morgan fingerprint density at radius 2 is 2.03 bits per heavy atom. The molecule has 1 aromatic rings. The van der Waals surface area contributed by atoms with Crippen LogP contribution >= 0.6 is 0 Å². The van der Waals surface area contributed by atoms with Gasteiger partial charge in [0, 0.05) is 35.9 Å². The topological polar surface area (TPSA) is 65.0 Å². The fourth-order valence-corrected chi connectivity index (χ4v) is 4.25. The maximum atomic E-state index is 14.0. The molecule has 3 rings (SSSR count). The van der Waals surface area contributed by atoms with E-state index in [0.717, 1.165) is 0 Å². The predicted octanol–water partition coefficient (Wildman–Crippen LogP) is 4.22. The van der Waals surface area contributed by atoms with Gasteiger partial charge in [0.25, 0.3) is 0 Å². The molecule has 6 heteroatoms. The summed E-state index contributed by atoms with van der Waals surface area (Å²) in [4.78, 5) is 30.7. The van der Waals surface area contributed by atoms with Crippen molar-refractivity contribution in [2.24, 2.45) is 16.3 Å². The Bertz CT molecular complexity index is 871. The largest absolute Gasteiger partial charge is 0.463 e. The van der Waals surface area contributed by atoms with Gasteiger partial charge in [0.15, 0.2) is 5.78 Å². The maximum absolute atomic E-state index is 14.0. The second-order valence-corrected chi connectivity index (χ2v) is 8.43. The van der Waals surface area contributed by atoms with E-state index in [4.69, 9.17) is 9.47 Å². The van der Waals surface area contributed by atoms with Gasteiger partial charge in [-0.2, -0.15) is 0 Å². The highest BCUT2D eigenvalue weighted by molar-refractivity contribution is 6.09. The van der Waals surface area contributed by atoms with Crippen molar-refractivity contribution in [1.29, 1.82) is 0 Å². The highest BCUT2D eigenvalue weighted by atomic mass is 19.1. The minimum atomic E-state index is -0.762. The SMILES string of the molecule is CCOCCOC(=O)C1C(C)=NC2=C(C(=O)CC(C)(C)C2)[C@H]1c1cccc(F)c1. The standard InChI is InChI=1S/C23H28FNO4/c1-5-28-9-10-29-22(27)19-14(2)25-17-12-23(3,4)13-18(26)21(17)20(19)15-7-6-8-16(24)11-15/h6-8,11,19-20H,5,9-10,12-13H2,1-4H3/t19?,20-/m0/s1. The van der Waals surface area contributed by atoms with Crippen LogP contribution in [-0.4, -0.2) is 37.3 Å². The Labute approximate surface area is 171 Å². The van der Waals surface area contributed by atoms with Crippen LogP contribution in [0.1, 0.15) is 52.0 Å². The molecular formula is C23H28FNO4. The number of Topliss-reactive ketones (excluding diaryl/α,β-unsaturated/α-hetero) is 1. The highest BCUT2D eigenvalue weighted by Crippen LogP contribution is 2.47. The van der Waals surface area contributed by atoms with Gasteiger partial charge < -0.3 is 9.47 Å². The van der Waals surface area contributed by atoms with E-state index in [-0.39, 0.29) is 17.8 Å². The van der Waals surface area contributed by atoms with Crippen LogP contribution in [-0.2, 0) is 19.1 Å². The van der Waals surface area contributed by atoms with Crippen molar-refractivity contribution in [2.45, 2.75) is 46.5 Å². The molecule has 0 N–H and O–H groups in total. The summed E-state index contributed by atoms with van der Waals surface area (Å²) >= 11 is 0. The Morgan fingerprint density at radius 1 is 1.28 bits per heavy atom. The molecule has 2 atom stereocenters. The van der Waals surface area contributed by atoms with E-state index < -0.39 is 23.6 Å². The molecule has 156 valence electrons. The number of nitrogens with zero attached hydrogens (tertiary/aromatic N) is 1. The molecule has 0 spiro atoms. The molecule has 2 aliphatic rings. The Hall–Kier alpha value is -2.34. The number of benzene rings is 1. The molecule has 0 saturated carbocycles. The summed E-state index contributed by atoms with van der Waals surface area (Å²) in [5.41, 5.74) is 2.21. The van der Waals surface area contributed by atoms with Crippen molar-refractivity contribution >= 4 is 17.5 Å². The molecule has 1 aliphatic carbocycles. The van der Waals surface area contributed by atoms with Gasteiger partial charge in [-0.25, -0.2) is 4.39 Å². The molecular weight excluding hydrogens is 373 g/mol. The van der Waals surface area contributed by atoms with Crippen LogP contribution in [0.25, 0.3) is 0 Å². The van der Waals surface area contributed by atoms with Gasteiger partial charge in [-0.3, -0.25) is 14.6 Å². The van der Waals surface area contributed by atoms with Crippen molar-refractivity contribution in [2.75, 3.05) is 19.8 Å². The Balaban J connectivity index is 2.02. The summed E-state index contributed by atoms with van der Waals surface area (Å²) in [7, 11) is 0. The lowest BCUT2D eigenvalue weighted by Crippen LogP contribution is -2.39. The average Bonchev–Trinajstić information content (AvgIpc) is 2.63. The zero-order valence-corrected chi connectivity index (χ0v) is 17.5. The maximum Gasteiger partial charge on any atom is 0.315 e. The van der Waals surface area contributed by atoms with Gasteiger partial charge in [-0.05, 0) is 43.4 Å². The van der Waals surface area contributed by atoms with Crippen molar-refractivity contribution in [3.05, 3.63) is 46.9 Å². The minimum Gasteiger partial charge on any atom is -0.463 e. The first-order chi connectivity index (χ1) is 13.7. The van der Waals surface area contributed by atoms with E-state index in [1.165, 1.54) is 12.1 Å². The monoisotopic (exact) mass is 401 g/mol. The van der Waals surface area contributed by atoms with E-state index in [1.54, 1.807) is 19.1 Å². The van der Waals surface area contributed by atoms with E-state index >= 15 is 0 Å². The first kappa shape index (κ1) is 21.4. The molecule has 0 radical (unpaired) electrons. The normalized spacial score (nSPS) is 23.5. The molecule has 5 nitrogen and oxygen atoms in total. The third-order valence-electron chi connectivity index (χ3n) is 5.44. The molecule has 0 bridgehead atoms. The van der Waals surface area contributed by atoms with Gasteiger partial charge in [-0.1, -0.05) is 26.0 Å². The summed E-state index contributed by atoms with van der Waals surface area (Å²) in [6.45, 7) is 8.67. The number of esters is 1. The summed E-state index contributed by atoms with van der Waals surface area (Å²) < 4.78 is 24.7. The van der Waals surface area contributed by atoms with Crippen molar-refractivity contribution in [3.63, 3.8) is 0 Å². The number of carbonyl (C=O) groups is 2. The minimum absolute atomic E-state index is 0.0334. The van der Waals surface area contributed by atoms with Crippen LogP contribution in [0.4, 0.5) is 4.39 Å². The lowest BCUT2D eigenvalue weighted by molar-refractivity contribution is -0.148. The third kappa shape index (κ3) is 4.64. The van der Waals surface area contributed by atoms with Crippen LogP contribution in [0.5, 0.6) is 0 Å². The summed E-state index contributed by atoms with van der Waals surface area (Å²) in [6.07, 6.45) is 1.02. The number of allylic oxidation sites excluding steroid dienone is 2. The van der Waals surface area contributed by atoms with Crippen LogP contribution < -0.4 is 0 Å². The van der Waals surface area contributed by atoms with Gasteiger partial charge in [0.2, 0.25) is 0 Å². The van der Waals surface area contributed by atoms with Crippen LogP contribution in [0, 0.1) is 17.2 Å². The molecule has 0 saturated heterocycles. The molecule has 29 heavy (non-hydrogen) atoms. The van der Waals surface area contributed by atoms with E-state index in [1.807, 2.05) is 20.8 Å². The number of ketones is 1. The van der Waals surface area contributed by atoms with E-state index in [9.17, 15) is 14.0 Å². The lowest BCUT2D eigenvalue weighted by Gasteiger charge is -2.39. The third-order valence-corrected chi connectivity index (χ3v) is 5.44. The number of carbonyl (C=O) groups excluding carboxylic acids is 2. The fourth-order valence-electron chi connectivity index (χ4n) is 4.25. The van der Waals surface area contributed by atoms with Crippen LogP contribution in [0.3, 0.4) is 0 Å². The number of hydrogen-bond donors (Lipinski definition) is 0. The molecule has 1 heterocycles. The number of hydrogen-bond acceptors (Lipinski definition) is 5. The number of halogens is 1. The van der Waals surface area contributed by atoms with E-state index in [0.29, 0.717) is 48.6 Å². The van der Waals surface area contributed by atoms with Crippen molar-refractivity contribution in [1.82, 2.24) is 0 Å². The Kier molecular flexibility index (Phi) is 6.32. The fraction of sp³-hybridized carbons (Fsp3) is 0.522. The second kappa shape index (κ2) is 8.57. The van der Waals surface area contributed by atoms with Gasteiger partial charge in [0.1, 0.15) is 18.3 Å². The van der Waals surface area contributed by atoms with E-state index in [2.05, 4.69) is 4.99 Å². The van der Waals surface area contributed by atoms with Crippen molar-refractivity contribution in [3.8, 4) is 0 Å².